The van der Waals surface area contributed by atoms with E-state index in [0.717, 1.165) is 24.3 Å². The molecule has 2 fully saturated rings. The molecule has 2 aliphatic rings. The van der Waals surface area contributed by atoms with Crippen molar-refractivity contribution in [2.24, 2.45) is 5.92 Å². The molecule has 0 radical (unpaired) electrons. The maximum absolute atomic E-state index is 12.3. The Morgan fingerprint density at radius 1 is 1.04 bits per heavy atom. The van der Waals surface area contributed by atoms with Crippen LogP contribution in [0.2, 0.25) is 0 Å². The van der Waals surface area contributed by atoms with Gasteiger partial charge in [-0.1, -0.05) is 57.1 Å². The summed E-state index contributed by atoms with van der Waals surface area (Å²) >= 11 is 0. The van der Waals surface area contributed by atoms with E-state index in [9.17, 15) is 14.7 Å². The lowest BCUT2D eigenvalue weighted by molar-refractivity contribution is -0.150. The van der Waals surface area contributed by atoms with Crippen LogP contribution in [0.15, 0.2) is 24.3 Å². The van der Waals surface area contributed by atoms with Gasteiger partial charge in [0.25, 0.3) is 0 Å². The Labute approximate surface area is 155 Å². The molecule has 1 saturated carbocycles. The average Bonchev–Trinajstić information content (AvgIpc) is 2.66. The molecule has 0 unspecified atom stereocenters. The summed E-state index contributed by atoms with van der Waals surface area (Å²) < 4.78 is 0. The summed E-state index contributed by atoms with van der Waals surface area (Å²) in [6.45, 7) is 1.15. The van der Waals surface area contributed by atoms with E-state index < -0.39 is 11.8 Å². The van der Waals surface area contributed by atoms with Crippen LogP contribution in [0.25, 0.3) is 0 Å². The van der Waals surface area contributed by atoms with Gasteiger partial charge in [-0.15, -0.1) is 0 Å². The summed E-state index contributed by atoms with van der Waals surface area (Å²) in [7, 11) is 0. The van der Waals surface area contributed by atoms with Crippen LogP contribution in [0.1, 0.15) is 56.9 Å². The molecular weight excluding hydrogens is 328 g/mol. The first-order chi connectivity index (χ1) is 12.6. The number of benzene rings is 1. The summed E-state index contributed by atoms with van der Waals surface area (Å²) in [5.41, 5.74) is 1.06. The highest BCUT2D eigenvalue weighted by atomic mass is 16.3. The molecule has 26 heavy (non-hydrogen) atoms. The minimum absolute atomic E-state index is 0.0144. The Morgan fingerprint density at radius 3 is 2.50 bits per heavy atom. The van der Waals surface area contributed by atoms with E-state index in [-0.39, 0.29) is 11.8 Å². The summed E-state index contributed by atoms with van der Waals surface area (Å²) in [6.07, 6.45) is 10.8. The van der Waals surface area contributed by atoms with E-state index in [4.69, 9.17) is 0 Å². The lowest BCUT2D eigenvalue weighted by Gasteiger charge is -2.35. The highest BCUT2D eigenvalue weighted by Gasteiger charge is 2.33. The molecule has 2 amide bonds. The van der Waals surface area contributed by atoms with Crippen LogP contribution in [-0.4, -0.2) is 41.0 Å². The van der Waals surface area contributed by atoms with Gasteiger partial charge in [0.05, 0.1) is 6.04 Å². The zero-order valence-corrected chi connectivity index (χ0v) is 15.5. The van der Waals surface area contributed by atoms with Gasteiger partial charge in [-0.2, -0.15) is 0 Å². The number of amides is 2. The molecule has 1 aromatic rings. The molecule has 1 aliphatic heterocycles. The molecule has 1 atom stereocenters. The van der Waals surface area contributed by atoms with E-state index in [1.807, 2.05) is 12.1 Å². The molecule has 1 aromatic carbocycles. The number of hydrogen-bond donors (Lipinski definition) is 2. The first-order valence-corrected chi connectivity index (χ1v) is 10.00. The minimum atomic E-state index is -0.487. The van der Waals surface area contributed by atoms with Gasteiger partial charge in [0.1, 0.15) is 5.75 Å². The highest BCUT2D eigenvalue weighted by molar-refractivity contribution is 6.35. The van der Waals surface area contributed by atoms with Crippen LogP contribution >= 0.6 is 0 Å². The van der Waals surface area contributed by atoms with E-state index in [0.29, 0.717) is 19.5 Å². The normalized spacial score (nSPS) is 21.7. The third-order valence-corrected chi connectivity index (χ3v) is 5.79. The van der Waals surface area contributed by atoms with Crippen LogP contribution in [0.5, 0.6) is 5.75 Å². The molecule has 2 N–H and O–H groups in total. The average molecular weight is 358 g/mol. The van der Waals surface area contributed by atoms with E-state index in [2.05, 4.69) is 5.32 Å². The van der Waals surface area contributed by atoms with Crippen molar-refractivity contribution < 1.29 is 14.7 Å². The van der Waals surface area contributed by atoms with Crippen molar-refractivity contribution in [3.05, 3.63) is 29.8 Å². The van der Waals surface area contributed by atoms with Crippen LogP contribution in [-0.2, 0) is 16.0 Å². The molecule has 142 valence electrons. The summed E-state index contributed by atoms with van der Waals surface area (Å²) in [6, 6.07) is 7.05. The number of nitrogens with zero attached hydrogens (tertiary/aromatic N) is 1. The van der Waals surface area contributed by atoms with E-state index in [1.165, 1.54) is 38.5 Å². The predicted molar refractivity (Wildman–Crippen MR) is 101 cm³/mol. The Balaban J connectivity index is 1.52. The second-order valence-corrected chi connectivity index (χ2v) is 7.73. The highest BCUT2D eigenvalue weighted by Crippen LogP contribution is 2.28. The zero-order chi connectivity index (χ0) is 18.4. The maximum atomic E-state index is 12.3. The fourth-order valence-electron chi connectivity index (χ4n) is 4.25. The quantitative estimate of drug-likeness (QED) is 0.581. The lowest BCUT2D eigenvalue weighted by atomic mass is 9.86. The standard InChI is InChI=1S/C21H30N2O3/c24-19-11-9-17(10-12-19)14-18-15-22-20(25)21(26)23(18)13-5-4-8-16-6-2-1-3-7-16/h9-12,16,18,24H,1-8,13-15H2,(H,22,25)/t18-/m1/s1. The number of carbonyl (C=O) groups is 2. The van der Waals surface area contributed by atoms with E-state index >= 15 is 0 Å². The third-order valence-electron chi connectivity index (χ3n) is 5.79. The van der Waals surface area contributed by atoms with Crippen LogP contribution in [0.3, 0.4) is 0 Å². The summed E-state index contributed by atoms with van der Waals surface area (Å²) in [4.78, 5) is 25.9. The van der Waals surface area contributed by atoms with Gasteiger partial charge >= 0.3 is 11.8 Å². The van der Waals surface area contributed by atoms with Crippen molar-refractivity contribution in [1.29, 1.82) is 0 Å². The number of phenolic OH excluding ortho intramolecular Hbond substituents is 1. The number of piperazine rings is 1. The van der Waals surface area contributed by atoms with Crippen molar-refractivity contribution >= 4 is 11.8 Å². The molecule has 0 spiro atoms. The number of carbonyl (C=O) groups excluding carboxylic acids is 2. The number of rotatable bonds is 7. The smallest absolute Gasteiger partial charge is 0.312 e. The molecular formula is C21H30N2O3. The lowest BCUT2D eigenvalue weighted by Crippen LogP contribution is -2.58. The Hall–Kier alpha value is -2.04. The van der Waals surface area contributed by atoms with Crippen molar-refractivity contribution in [2.75, 3.05) is 13.1 Å². The topological polar surface area (TPSA) is 69.6 Å². The molecule has 0 bridgehead atoms. The fraction of sp³-hybridized carbons (Fsp3) is 0.619. The zero-order valence-electron chi connectivity index (χ0n) is 15.5. The maximum Gasteiger partial charge on any atom is 0.312 e. The van der Waals surface area contributed by atoms with Gasteiger partial charge in [-0.3, -0.25) is 9.59 Å². The fourth-order valence-corrected chi connectivity index (χ4v) is 4.25. The van der Waals surface area contributed by atoms with Gasteiger partial charge in [0.2, 0.25) is 0 Å². The summed E-state index contributed by atoms with van der Waals surface area (Å²) in [5, 5.41) is 12.1. The SMILES string of the molecule is O=C1NC[C@@H](Cc2ccc(O)cc2)N(CCCCC2CCCCC2)C1=O. The van der Waals surface area contributed by atoms with Crippen molar-refractivity contribution in [3.63, 3.8) is 0 Å². The second-order valence-electron chi connectivity index (χ2n) is 7.73. The van der Waals surface area contributed by atoms with Crippen LogP contribution in [0.4, 0.5) is 0 Å². The molecule has 0 aromatic heterocycles. The number of hydrogen-bond acceptors (Lipinski definition) is 3. The number of phenols is 1. The van der Waals surface area contributed by atoms with Gasteiger partial charge in [0.15, 0.2) is 0 Å². The molecule has 1 aliphatic carbocycles. The third kappa shape index (κ3) is 4.99. The van der Waals surface area contributed by atoms with Gasteiger partial charge in [-0.25, -0.2) is 0 Å². The van der Waals surface area contributed by atoms with Gasteiger partial charge < -0.3 is 15.3 Å². The van der Waals surface area contributed by atoms with Gasteiger partial charge in [0, 0.05) is 13.1 Å². The summed E-state index contributed by atoms with van der Waals surface area (Å²) in [5.74, 6) is 0.204. The van der Waals surface area contributed by atoms with Crippen LogP contribution in [0, 0.1) is 5.92 Å². The first kappa shape index (κ1) is 18.7. The first-order valence-electron chi connectivity index (χ1n) is 10.00. The number of unbranched alkanes of at least 4 members (excludes halogenated alkanes) is 1. The Morgan fingerprint density at radius 2 is 1.77 bits per heavy atom. The molecule has 5 heteroatoms. The minimum Gasteiger partial charge on any atom is -0.508 e. The number of nitrogens with one attached hydrogen (secondary N) is 1. The van der Waals surface area contributed by atoms with Gasteiger partial charge in [-0.05, 0) is 36.5 Å². The number of aromatic hydroxyl groups is 1. The van der Waals surface area contributed by atoms with Crippen LogP contribution < -0.4 is 5.32 Å². The van der Waals surface area contributed by atoms with Crippen molar-refractivity contribution in [3.8, 4) is 5.75 Å². The molecule has 1 saturated heterocycles. The molecule has 5 nitrogen and oxygen atoms in total. The van der Waals surface area contributed by atoms with Crippen molar-refractivity contribution in [1.82, 2.24) is 10.2 Å². The van der Waals surface area contributed by atoms with Crippen molar-refractivity contribution in [2.45, 2.75) is 63.8 Å². The Kier molecular flexibility index (Phi) is 6.53. The molecule has 3 rings (SSSR count). The van der Waals surface area contributed by atoms with E-state index in [1.54, 1.807) is 17.0 Å². The molecule has 1 heterocycles. The Bertz CT molecular complexity index is 608. The second kappa shape index (κ2) is 9.06. The predicted octanol–water partition coefficient (Wildman–Crippen LogP) is 3.01. The largest absolute Gasteiger partial charge is 0.508 e. The monoisotopic (exact) mass is 358 g/mol.